The van der Waals surface area contributed by atoms with E-state index in [-0.39, 0.29) is 0 Å². The van der Waals surface area contributed by atoms with Gasteiger partial charge in [0.2, 0.25) is 0 Å². The number of guanidine groups is 1. The highest BCUT2D eigenvalue weighted by atomic mass is 32.2. The highest BCUT2D eigenvalue weighted by molar-refractivity contribution is 7.99. The third-order valence-corrected chi connectivity index (χ3v) is 5.51. The molecule has 1 saturated carbocycles. The van der Waals surface area contributed by atoms with Crippen LogP contribution in [0.4, 0.5) is 0 Å². The monoisotopic (exact) mass is 333 g/mol. The predicted octanol–water partition coefficient (Wildman–Crippen LogP) is 3.18. The van der Waals surface area contributed by atoms with Gasteiger partial charge in [-0.3, -0.25) is 0 Å². The molecule has 1 aliphatic carbocycles. The van der Waals surface area contributed by atoms with E-state index in [4.69, 9.17) is 10.5 Å². The summed E-state index contributed by atoms with van der Waals surface area (Å²) in [6, 6.07) is 6.39. The van der Waals surface area contributed by atoms with Crippen LogP contribution in [0.1, 0.15) is 36.8 Å². The Morgan fingerprint density at radius 3 is 2.78 bits per heavy atom. The van der Waals surface area contributed by atoms with Gasteiger partial charge in [0.15, 0.2) is 5.96 Å². The third-order valence-electron chi connectivity index (χ3n) is 4.56. The van der Waals surface area contributed by atoms with Gasteiger partial charge >= 0.3 is 0 Å². The molecule has 2 fully saturated rings. The average molecular weight is 334 g/mol. The van der Waals surface area contributed by atoms with E-state index in [0.717, 1.165) is 35.9 Å². The minimum Gasteiger partial charge on any atom is -0.490 e. The van der Waals surface area contributed by atoms with Crippen LogP contribution in [-0.2, 0) is 6.54 Å². The van der Waals surface area contributed by atoms with E-state index >= 15 is 0 Å². The molecule has 0 unspecified atom stereocenters. The Hall–Kier alpha value is -1.36. The van der Waals surface area contributed by atoms with Crippen LogP contribution in [0, 0.1) is 6.92 Å². The average Bonchev–Trinajstić information content (AvgIpc) is 3.08. The summed E-state index contributed by atoms with van der Waals surface area (Å²) in [5, 5.41) is 0. The van der Waals surface area contributed by atoms with Crippen molar-refractivity contribution in [2.24, 2.45) is 10.7 Å². The fourth-order valence-electron chi connectivity index (χ4n) is 3.15. The maximum Gasteiger partial charge on any atom is 0.191 e. The summed E-state index contributed by atoms with van der Waals surface area (Å²) >= 11 is 1.98. The molecule has 23 heavy (non-hydrogen) atoms. The van der Waals surface area contributed by atoms with Gasteiger partial charge < -0.3 is 15.4 Å². The molecule has 3 rings (SSSR count). The second-order valence-corrected chi connectivity index (χ2v) is 7.63. The second kappa shape index (κ2) is 7.95. The number of aliphatic imine (C=N–C) groups is 1. The van der Waals surface area contributed by atoms with Gasteiger partial charge in [0.1, 0.15) is 5.75 Å². The Labute approximate surface area is 143 Å². The van der Waals surface area contributed by atoms with Crippen molar-refractivity contribution < 1.29 is 4.74 Å². The quantitative estimate of drug-likeness (QED) is 0.679. The molecule has 0 radical (unpaired) electrons. The van der Waals surface area contributed by atoms with E-state index in [1.165, 1.54) is 31.2 Å². The van der Waals surface area contributed by atoms with E-state index in [2.05, 4.69) is 35.0 Å². The lowest BCUT2D eigenvalue weighted by atomic mass is 10.1. The summed E-state index contributed by atoms with van der Waals surface area (Å²) in [5.41, 5.74) is 8.53. The van der Waals surface area contributed by atoms with Crippen LogP contribution in [0.15, 0.2) is 23.2 Å². The molecule has 0 amide bonds. The Morgan fingerprint density at radius 1 is 1.30 bits per heavy atom. The molecule has 0 aromatic heterocycles. The standard InChI is InChI=1S/C18H27N3OS/c1-14-6-7-15(17(12-14)22-16-4-2-3-5-16)13-20-18(19)21-8-10-23-11-9-21/h6-7,12,16H,2-5,8-11,13H2,1H3,(H2,19,20). The van der Waals surface area contributed by atoms with E-state index in [9.17, 15) is 0 Å². The number of rotatable bonds is 4. The summed E-state index contributed by atoms with van der Waals surface area (Å²) < 4.78 is 6.24. The van der Waals surface area contributed by atoms with Crippen molar-refractivity contribution >= 4 is 17.7 Å². The van der Waals surface area contributed by atoms with Crippen molar-refractivity contribution in [3.63, 3.8) is 0 Å². The first-order chi connectivity index (χ1) is 11.2. The van der Waals surface area contributed by atoms with Gasteiger partial charge in [-0.1, -0.05) is 12.1 Å². The van der Waals surface area contributed by atoms with Crippen molar-refractivity contribution in [2.75, 3.05) is 24.6 Å². The summed E-state index contributed by atoms with van der Waals surface area (Å²) in [6.07, 6.45) is 5.28. The van der Waals surface area contributed by atoms with Crippen molar-refractivity contribution in [2.45, 2.75) is 45.3 Å². The maximum absolute atomic E-state index is 6.24. The number of nitrogens with zero attached hydrogens (tertiary/aromatic N) is 2. The van der Waals surface area contributed by atoms with Crippen LogP contribution in [0.5, 0.6) is 5.75 Å². The third kappa shape index (κ3) is 4.56. The largest absolute Gasteiger partial charge is 0.490 e. The molecule has 0 atom stereocenters. The SMILES string of the molecule is Cc1ccc(CN=C(N)N2CCSCC2)c(OC2CCCC2)c1. The van der Waals surface area contributed by atoms with Crippen molar-refractivity contribution in [3.8, 4) is 5.75 Å². The summed E-state index contributed by atoms with van der Waals surface area (Å²) in [5.74, 6) is 3.92. The lowest BCUT2D eigenvalue weighted by Crippen LogP contribution is -2.42. The Morgan fingerprint density at radius 2 is 2.04 bits per heavy atom. The van der Waals surface area contributed by atoms with E-state index in [1.54, 1.807) is 0 Å². The number of thioether (sulfide) groups is 1. The molecule has 126 valence electrons. The molecular weight excluding hydrogens is 306 g/mol. The summed E-state index contributed by atoms with van der Waals surface area (Å²) in [7, 11) is 0. The summed E-state index contributed by atoms with van der Waals surface area (Å²) in [6.45, 7) is 4.70. The van der Waals surface area contributed by atoms with Crippen molar-refractivity contribution in [1.82, 2.24) is 4.90 Å². The molecule has 0 bridgehead atoms. The number of benzene rings is 1. The zero-order valence-corrected chi connectivity index (χ0v) is 14.8. The number of ether oxygens (including phenoxy) is 1. The van der Waals surface area contributed by atoms with Crippen LogP contribution in [0.3, 0.4) is 0 Å². The number of hydrogen-bond acceptors (Lipinski definition) is 3. The zero-order chi connectivity index (χ0) is 16.1. The fourth-order valence-corrected chi connectivity index (χ4v) is 4.05. The predicted molar refractivity (Wildman–Crippen MR) is 98.3 cm³/mol. The summed E-state index contributed by atoms with van der Waals surface area (Å²) in [4.78, 5) is 6.80. The molecule has 1 aromatic carbocycles. The van der Waals surface area contributed by atoms with Crippen molar-refractivity contribution in [1.29, 1.82) is 0 Å². The van der Waals surface area contributed by atoms with E-state index in [1.807, 2.05) is 11.8 Å². The molecular formula is C18H27N3OS. The first kappa shape index (κ1) is 16.5. The van der Waals surface area contributed by atoms with Crippen LogP contribution in [0.25, 0.3) is 0 Å². The van der Waals surface area contributed by atoms with Crippen molar-refractivity contribution in [3.05, 3.63) is 29.3 Å². The molecule has 5 heteroatoms. The van der Waals surface area contributed by atoms with Gasteiger partial charge in [-0.05, 0) is 44.2 Å². The topological polar surface area (TPSA) is 50.8 Å². The van der Waals surface area contributed by atoms with Crippen LogP contribution >= 0.6 is 11.8 Å². The smallest absolute Gasteiger partial charge is 0.191 e. The van der Waals surface area contributed by atoms with E-state index < -0.39 is 0 Å². The van der Waals surface area contributed by atoms with Gasteiger partial charge in [-0.15, -0.1) is 0 Å². The number of nitrogens with two attached hydrogens (primary N) is 1. The number of aryl methyl sites for hydroxylation is 1. The molecule has 1 heterocycles. The highest BCUT2D eigenvalue weighted by Gasteiger charge is 2.18. The fraction of sp³-hybridized carbons (Fsp3) is 0.611. The van der Waals surface area contributed by atoms with Gasteiger partial charge in [-0.2, -0.15) is 11.8 Å². The van der Waals surface area contributed by atoms with E-state index in [0.29, 0.717) is 18.6 Å². The first-order valence-corrected chi connectivity index (χ1v) is 9.76. The molecule has 2 aliphatic rings. The zero-order valence-electron chi connectivity index (χ0n) is 14.0. The molecule has 4 nitrogen and oxygen atoms in total. The van der Waals surface area contributed by atoms with Crippen LogP contribution < -0.4 is 10.5 Å². The lowest BCUT2D eigenvalue weighted by Gasteiger charge is -2.27. The Balaban J connectivity index is 1.68. The molecule has 1 saturated heterocycles. The highest BCUT2D eigenvalue weighted by Crippen LogP contribution is 2.28. The normalized spacial score (nSPS) is 20.0. The van der Waals surface area contributed by atoms with Gasteiger partial charge in [0.25, 0.3) is 0 Å². The molecule has 2 N–H and O–H groups in total. The maximum atomic E-state index is 6.24. The first-order valence-electron chi connectivity index (χ1n) is 8.61. The molecule has 1 aromatic rings. The molecule has 0 spiro atoms. The minimum atomic E-state index is 0.371. The second-order valence-electron chi connectivity index (χ2n) is 6.41. The lowest BCUT2D eigenvalue weighted by molar-refractivity contribution is 0.208. The van der Waals surface area contributed by atoms with Gasteiger partial charge in [0, 0.05) is 30.2 Å². The number of hydrogen-bond donors (Lipinski definition) is 1. The van der Waals surface area contributed by atoms with Crippen LogP contribution in [0.2, 0.25) is 0 Å². The minimum absolute atomic E-state index is 0.371. The van der Waals surface area contributed by atoms with Gasteiger partial charge in [0.05, 0.1) is 12.6 Å². The molecule has 1 aliphatic heterocycles. The van der Waals surface area contributed by atoms with Crippen LogP contribution in [-0.4, -0.2) is 41.6 Å². The van der Waals surface area contributed by atoms with Gasteiger partial charge in [-0.25, -0.2) is 4.99 Å². The Kier molecular flexibility index (Phi) is 5.70. The Bertz CT molecular complexity index is 549.